The third kappa shape index (κ3) is 4.57. The standard InChI is InChI=1S/C19H22ClN3/c1-16-4-2-3-5-18(16)14-21-23-12-10-22(11-13-23)15-17-6-8-19(20)9-7-17/h2-9,14H,10-13,15H2,1H3/p+1/b21-14-. The fraction of sp³-hybridized carbons (Fsp3) is 0.316. The lowest BCUT2D eigenvalue weighted by Crippen LogP contribution is -3.13. The Morgan fingerprint density at radius 1 is 1.09 bits per heavy atom. The van der Waals surface area contributed by atoms with E-state index in [0.717, 1.165) is 37.7 Å². The van der Waals surface area contributed by atoms with Gasteiger partial charge in [-0.3, -0.25) is 5.01 Å². The first-order chi connectivity index (χ1) is 11.2. The third-order valence-electron chi connectivity index (χ3n) is 4.36. The first-order valence-electron chi connectivity index (χ1n) is 8.13. The number of rotatable bonds is 4. The van der Waals surface area contributed by atoms with Gasteiger partial charge in [0.2, 0.25) is 0 Å². The smallest absolute Gasteiger partial charge is 0.103 e. The summed E-state index contributed by atoms with van der Waals surface area (Å²) in [6, 6.07) is 16.5. The lowest BCUT2D eigenvalue weighted by atomic mass is 10.1. The van der Waals surface area contributed by atoms with Crippen LogP contribution in [0.15, 0.2) is 53.6 Å². The Hall–Kier alpha value is -1.84. The van der Waals surface area contributed by atoms with E-state index in [9.17, 15) is 0 Å². The van der Waals surface area contributed by atoms with Gasteiger partial charge in [0.25, 0.3) is 0 Å². The molecule has 1 fully saturated rings. The van der Waals surface area contributed by atoms with Crippen molar-refractivity contribution in [2.45, 2.75) is 13.5 Å². The fourth-order valence-corrected chi connectivity index (χ4v) is 3.00. The van der Waals surface area contributed by atoms with E-state index in [2.05, 4.69) is 53.4 Å². The van der Waals surface area contributed by atoms with E-state index in [-0.39, 0.29) is 0 Å². The van der Waals surface area contributed by atoms with E-state index in [1.807, 2.05) is 18.3 Å². The highest BCUT2D eigenvalue weighted by Gasteiger charge is 2.18. The summed E-state index contributed by atoms with van der Waals surface area (Å²) in [7, 11) is 0. The topological polar surface area (TPSA) is 20.0 Å². The summed E-state index contributed by atoms with van der Waals surface area (Å²) in [6.07, 6.45) is 1.99. The summed E-state index contributed by atoms with van der Waals surface area (Å²) >= 11 is 5.94. The first-order valence-corrected chi connectivity index (χ1v) is 8.51. The number of halogens is 1. The molecule has 0 spiro atoms. The maximum atomic E-state index is 5.94. The van der Waals surface area contributed by atoms with Crippen molar-refractivity contribution in [1.29, 1.82) is 0 Å². The van der Waals surface area contributed by atoms with Crippen LogP contribution in [0.3, 0.4) is 0 Å². The number of nitrogens with zero attached hydrogens (tertiary/aromatic N) is 2. The Kier molecular flexibility index (Phi) is 5.31. The van der Waals surface area contributed by atoms with Crippen LogP contribution in [0.25, 0.3) is 0 Å². The molecule has 0 atom stereocenters. The van der Waals surface area contributed by atoms with Crippen molar-refractivity contribution in [3.63, 3.8) is 0 Å². The van der Waals surface area contributed by atoms with Gasteiger partial charge in [0, 0.05) is 10.6 Å². The lowest BCUT2D eigenvalue weighted by Gasteiger charge is -2.30. The van der Waals surface area contributed by atoms with Crippen LogP contribution in [0.5, 0.6) is 0 Å². The number of nitrogens with one attached hydrogen (secondary N) is 1. The SMILES string of the molecule is Cc1ccccc1/C=N\N1CC[NH+](Cc2ccc(Cl)cc2)CC1. The maximum Gasteiger partial charge on any atom is 0.103 e. The van der Waals surface area contributed by atoms with Crippen LogP contribution in [0.2, 0.25) is 5.02 Å². The number of piperazine rings is 1. The van der Waals surface area contributed by atoms with Gasteiger partial charge < -0.3 is 4.90 Å². The van der Waals surface area contributed by atoms with Crippen LogP contribution in [-0.2, 0) is 6.54 Å². The second kappa shape index (κ2) is 7.62. The van der Waals surface area contributed by atoms with E-state index in [1.54, 1.807) is 4.90 Å². The molecule has 23 heavy (non-hydrogen) atoms. The van der Waals surface area contributed by atoms with Gasteiger partial charge in [0.1, 0.15) is 6.54 Å². The molecule has 0 radical (unpaired) electrons. The minimum atomic E-state index is 0.805. The molecule has 1 saturated heterocycles. The highest BCUT2D eigenvalue weighted by atomic mass is 35.5. The molecule has 1 heterocycles. The number of aryl methyl sites for hydroxylation is 1. The van der Waals surface area contributed by atoms with Crippen LogP contribution >= 0.6 is 11.6 Å². The molecule has 0 aromatic heterocycles. The minimum absolute atomic E-state index is 0.805. The van der Waals surface area contributed by atoms with Gasteiger partial charge in [-0.2, -0.15) is 5.10 Å². The minimum Gasteiger partial charge on any atom is -0.328 e. The van der Waals surface area contributed by atoms with Crippen LogP contribution in [0.1, 0.15) is 16.7 Å². The molecule has 0 unspecified atom stereocenters. The molecule has 1 aliphatic heterocycles. The fourth-order valence-electron chi connectivity index (χ4n) is 2.87. The van der Waals surface area contributed by atoms with Gasteiger partial charge in [0.15, 0.2) is 0 Å². The Balaban J connectivity index is 1.50. The molecule has 2 aromatic rings. The predicted molar refractivity (Wildman–Crippen MR) is 96.2 cm³/mol. The highest BCUT2D eigenvalue weighted by Crippen LogP contribution is 2.08. The molecular formula is C19H23ClN3+. The second-order valence-electron chi connectivity index (χ2n) is 6.11. The third-order valence-corrected chi connectivity index (χ3v) is 4.61. The zero-order valence-corrected chi connectivity index (χ0v) is 14.3. The Labute approximate surface area is 143 Å². The molecule has 1 aliphatic rings. The van der Waals surface area contributed by atoms with Crippen LogP contribution in [0.4, 0.5) is 0 Å². The van der Waals surface area contributed by atoms with E-state index in [0.29, 0.717) is 0 Å². The van der Waals surface area contributed by atoms with E-state index in [4.69, 9.17) is 11.6 Å². The van der Waals surface area contributed by atoms with Gasteiger partial charge in [0.05, 0.1) is 32.4 Å². The Morgan fingerprint density at radius 3 is 2.48 bits per heavy atom. The molecule has 3 nitrogen and oxygen atoms in total. The van der Waals surface area contributed by atoms with Crippen LogP contribution in [-0.4, -0.2) is 37.4 Å². The van der Waals surface area contributed by atoms with Crippen LogP contribution < -0.4 is 4.90 Å². The highest BCUT2D eigenvalue weighted by molar-refractivity contribution is 6.30. The van der Waals surface area contributed by atoms with Crippen LogP contribution in [0, 0.1) is 6.92 Å². The largest absolute Gasteiger partial charge is 0.328 e. The lowest BCUT2D eigenvalue weighted by molar-refractivity contribution is -0.918. The number of quaternary nitrogens is 1. The average Bonchev–Trinajstić information content (AvgIpc) is 2.58. The van der Waals surface area contributed by atoms with Crippen molar-refractivity contribution >= 4 is 17.8 Å². The first kappa shape index (κ1) is 16.0. The predicted octanol–water partition coefficient (Wildman–Crippen LogP) is 2.38. The van der Waals surface area contributed by atoms with Gasteiger partial charge in [-0.25, -0.2) is 0 Å². The van der Waals surface area contributed by atoms with E-state index in [1.165, 1.54) is 16.7 Å². The zero-order valence-electron chi connectivity index (χ0n) is 13.5. The summed E-state index contributed by atoms with van der Waals surface area (Å²) in [5.41, 5.74) is 3.81. The molecule has 2 aromatic carbocycles. The summed E-state index contributed by atoms with van der Waals surface area (Å²) in [5.74, 6) is 0. The molecule has 0 bridgehead atoms. The monoisotopic (exact) mass is 328 g/mol. The van der Waals surface area contributed by atoms with Crippen molar-refractivity contribution < 1.29 is 4.90 Å². The number of hydrogen-bond acceptors (Lipinski definition) is 2. The van der Waals surface area contributed by atoms with Crippen molar-refractivity contribution in [3.05, 3.63) is 70.2 Å². The molecule has 1 N–H and O–H groups in total. The second-order valence-corrected chi connectivity index (χ2v) is 6.54. The van der Waals surface area contributed by atoms with Gasteiger partial charge >= 0.3 is 0 Å². The molecule has 0 aliphatic carbocycles. The molecule has 0 saturated carbocycles. The molecular weight excluding hydrogens is 306 g/mol. The van der Waals surface area contributed by atoms with Gasteiger partial charge in [-0.05, 0) is 30.2 Å². The van der Waals surface area contributed by atoms with E-state index >= 15 is 0 Å². The zero-order chi connectivity index (χ0) is 16.1. The normalized spacial score (nSPS) is 16.2. The summed E-state index contributed by atoms with van der Waals surface area (Å²) < 4.78 is 0. The van der Waals surface area contributed by atoms with E-state index < -0.39 is 0 Å². The number of hydrazone groups is 1. The summed E-state index contributed by atoms with van der Waals surface area (Å²) in [6.45, 7) is 7.43. The molecule has 4 heteroatoms. The summed E-state index contributed by atoms with van der Waals surface area (Å²) in [5, 5.41) is 7.63. The summed E-state index contributed by atoms with van der Waals surface area (Å²) in [4.78, 5) is 1.61. The van der Waals surface area contributed by atoms with Crippen molar-refractivity contribution in [2.24, 2.45) is 5.10 Å². The Bertz CT molecular complexity index is 659. The van der Waals surface area contributed by atoms with Gasteiger partial charge in [-0.1, -0.05) is 48.0 Å². The Morgan fingerprint density at radius 2 is 1.78 bits per heavy atom. The van der Waals surface area contributed by atoms with Gasteiger partial charge in [-0.15, -0.1) is 0 Å². The van der Waals surface area contributed by atoms with Crippen molar-refractivity contribution in [2.75, 3.05) is 26.2 Å². The average molecular weight is 329 g/mol. The quantitative estimate of drug-likeness (QED) is 0.854. The maximum absolute atomic E-state index is 5.94. The molecule has 3 rings (SSSR count). The molecule has 120 valence electrons. The van der Waals surface area contributed by atoms with Crippen molar-refractivity contribution in [1.82, 2.24) is 5.01 Å². The number of hydrogen-bond donors (Lipinski definition) is 1. The molecule has 0 amide bonds. The number of benzene rings is 2. The van der Waals surface area contributed by atoms with Crippen molar-refractivity contribution in [3.8, 4) is 0 Å².